The first kappa shape index (κ1) is 16.6. The fraction of sp³-hybridized carbons (Fsp3) is 0.600. The molecule has 0 aliphatic rings. The van der Waals surface area contributed by atoms with Crippen LogP contribution in [0.1, 0.15) is 45.2 Å². The molecule has 0 bridgehead atoms. The number of hydrogen-bond acceptors (Lipinski definition) is 2. The smallest absolute Gasteiger partial charge is 0.124 e. The number of ether oxygens (including phenoxy) is 1. The maximum atomic E-state index is 13.5. The van der Waals surface area contributed by atoms with E-state index in [1.54, 1.807) is 13.2 Å². The average Bonchev–Trinajstić information content (AvgIpc) is 2.33. The van der Waals surface area contributed by atoms with E-state index >= 15 is 0 Å². The lowest BCUT2D eigenvalue weighted by atomic mass is 9.95. The van der Waals surface area contributed by atoms with Crippen molar-refractivity contribution >= 4 is 15.9 Å². The first-order valence-corrected chi connectivity index (χ1v) is 7.42. The Kier molecular flexibility index (Phi) is 6.43. The molecule has 0 fully saturated rings. The summed E-state index contributed by atoms with van der Waals surface area (Å²) in [7, 11) is 1.72. The predicted octanol–water partition coefficient (Wildman–Crippen LogP) is 4.44. The van der Waals surface area contributed by atoms with Crippen LogP contribution in [0.2, 0.25) is 0 Å². The molecule has 0 saturated carbocycles. The molecule has 1 N–H and O–H groups in total. The van der Waals surface area contributed by atoms with Gasteiger partial charge in [0.25, 0.3) is 0 Å². The summed E-state index contributed by atoms with van der Waals surface area (Å²) in [5.41, 5.74) is 0.818. The van der Waals surface area contributed by atoms with Gasteiger partial charge in [-0.05, 0) is 57.0 Å². The van der Waals surface area contributed by atoms with E-state index in [1.165, 1.54) is 6.07 Å². The summed E-state index contributed by atoms with van der Waals surface area (Å²) in [6.07, 6.45) is 1.82. The van der Waals surface area contributed by atoms with Crippen molar-refractivity contribution in [2.45, 2.75) is 45.3 Å². The molecule has 2 nitrogen and oxygen atoms in total. The van der Waals surface area contributed by atoms with Crippen molar-refractivity contribution in [1.82, 2.24) is 5.32 Å². The third kappa shape index (κ3) is 5.59. The average molecular weight is 332 g/mol. The van der Waals surface area contributed by atoms with E-state index in [4.69, 9.17) is 4.74 Å². The van der Waals surface area contributed by atoms with Gasteiger partial charge in [-0.3, -0.25) is 0 Å². The maximum Gasteiger partial charge on any atom is 0.124 e. The Morgan fingerprint density at radius 3 is 2.58 bits per heavy atom. The molecule has 0 spiro atoms. The van der Waals surface area contributed by atoms with E-state index in [-0.39, 0.29) is 17.5 Å². The Hall–Kier alpha value is -0.450. The minimum absolute atomic E-state index is 0.145. The lowest BCUT2D eigenvalue weighted by Crippen LogP contribution is -2.27. The van der Waals surface area contributed by atoms with Crippen LogP contribution in [-0.2, 0) is 4.74 Å². The van der Waals surface area contributed by atoms with E-state index in [0.29, 0.717) is 0 Å². The Labute approximate surface area is 123 Å². The van der Waals surface area contributed by atoms with Crippen molar-refractivity contribution in [3.63, 3.8) is 0 Å². The summed E-state index contributed by atoms with van der Waals surface area (Å²) >= 11 is 3.34. The second-order valence-electron chi connectivity index (χ2n) is 5.32. The minimum Gasteiger partial charge on any atom is -0.379 e. The zero-order valence-electron chi connectivity index (χ0n) is 12.1. The van der Waals surface area contributed by atoms with E-state index in [0.717, 1.165) is 29.4 Å². The van der Waals surface area contributed by atoms with E-state index in [9.17, 15) is 4.39 Å². The van der Waals surface area contributed by atoms with Gasteiger partial charge in [-0.2, -0.15) is 0 Å². The Balaban J connectivity index is 2.82. The first-order chi connectivity index (χ1) is 8.88. The normalized spacial score (nSPS) is 13.6. The summed E-state index contributed by atoms with van der Waals surface area (Å²) in [4.78, 5) is 0. The molecule has 108 valence electrons. The highest BCUT2D eigenvalue weighted by atomic mass is 79.9. The SMILES string of the molecule is CCNC(CCC(C)(C)OC)c1cc(F)cc(Br)c1. The molecule has 0 radical (unpaired) electrons. The van der Waals surface area contributed by atoms with Crippen LogP contribution >= 0.6 is 15.9 Å². The van der Waals surface area contributed by atoms with Gasteiger partial charge in [0.05, 0.1) is 5.60 Å². The van der Waals surface area contributed by atoms with Gasteiger partial charge in [0, 0.05) is 17.6 Å². The van der Waals surface area contributed by atoms with Gasteiger partial charge < -0.3 is 10.1 Å². The van der Waals surface area contributed by atoms with Crippen LogP contribution in [0.25, 0.3) is 0 Å². The number of nitrogens with one attached hydrogen (secondary N) is 1. The molecule has 0 aromatic heterocycles. The van der Waals surface area contributed by atoms with Gasteiger partial charge in [-0.15, -0.1) is 0 Å². The van der Waals surface area contributed by atoms with Crippen LogP contribution in [-0.4, -0.2) is 19.3 Å². The lowest BCUT2D eigenvalue weighted by Gasteiger charge is -2.26. The highest BCUT2D eigenvalue weighted by Gasteiger charge is 2.20. The predicted molar refractivity (Wildman–Crippen MR) is 80.8 cm³/mol. The van der Waals surface area contributed by atoms with Crippen molar-refractivity contribution in [3.8, 4) is 0 Å². The van der Waals surface area contributed by atoms with Crippen LogP contribution in [0.15, 0.2) is 22.7 Å². The van der Waals surface area contributed by atoms with Crippen LogP contribution in [0.5, 0.6) is 0 Å². The topological polar surface area (TPSA) is 21.3 Å². The molecule has 1 rings (SSSR count). The van der Waals surface area contributed by atoms with Crippen molar-refractivity contribution in [2.75, 3.05) is 13.7 Å². The molecular weight excluding hydrogens is 309 g/mol. The molecular formula is C15H23BrFNO. The number of benzene rings is 1. The minimum atomic E-state index is -0.210. The van der Waals surface area contributed by atoms with Crippen LogP contribution < -0.4 is 5.32 Å². The van der Waals surface area contributed by atoms with Crippen LogP contribution in [0.3, 0.4) is 0 Å². The molecule has 4 heteroatoms. The summed E-state index contributed by atoms with van der Waals surface area (Å²) in [6.45, 7) is 7.05. The summed E-state index contributed by atoms with van der Waals surface area (Å²) in [6, 6.07) is 5.19. The van der Waals surface area contributed by atoms with Crippen molar-refractivity contribution < 1.29 is 9.13 Å². The van der Waals surface area contributed by atoms with Gasteiger partial charge in [0.15, 0.2) is 0 Å². The summed E-state index contributed by atoms with van der Waals surface area (Å²) in [5, 5.41) is 3.41. The van der Waals surface area contributed by atoms with Gasteiger partial charge in [0.2, 0.25) is 0 Å². The number of methoxy groups -OCH3 is 1. The third-order valence-electron chi connectivity index (χ3n) is 3.33. The van der Waals surface area contributed by atoms with Gasteiger partial charge in [0.1, 0.15) is 5.82 Å². The summed E-state index contributed by atoms with van der Waals surface area (Å²) < 4.78 is 19.7. The van der Waals surface area contributed by atoms with Crippen LogP contribution in [0, 0.1) is 5.82 Å². The molecule has 19 heavy (non-hydrogen) atoms. The molecule has 0 aliphatic heterocycles. The highest BCUT2D eigenvalue weighted by Crippen LogP contribution is 2.27. The van der Waals surface area contributed by atoms with E-state index in [1.807, 2.05) is 6.07 Å². The van der Waals surface area contributed by atoms with E-state index < -0.39 is 0 Å². The molecule has 0 amide bonds. The Bertz CT molecular complexity index is 389. The van der Waals surface area contributed by atoms with E-state index in [2.05, 4.69) is 42.0 Å². The van der Waals surface area contributed by atoms with Gasteiger partial charge in [-0.25, -0.2) is 4.39 Å². The quantitative estimate of drug-likeness (QED) is 0.797. The summed E-state index contributed by atoms with van der Waals surface area (Å²) in [5.74, 6) is -0.210. The zero-order valence-corrected chi connectivity index (χ0v) is 13.7. The lowest BCUT2D eigenvalue weighted by molar-refractivity contribution is 0.0117. The first-order valence-electron chi connectivity index (χ1n) is 6.62. The number of rotatable bonds is 7. The largest absolute Gasteiger partial charge is 0.379 e. The Morgan fingerprint density at radius 1 is 1.37 bits per heavy atom. The zero-order chi connectivity index (χ0) is 14.5. The van der Waals surface area contributed by atoms with Gasteiger partial charge >= 0.3 is 0 Å². The molecule has 0 heterocycles. The second-order valence-corrected chi connectivity index (χ2v) is 6.23. The van der Waals surface area contributed by atoms with Crippen molar-refractivity contribution in [3.05, 3.63) is 34.1 Å². The molecule has 1 unspecified atom stereocenters. The number of hydrogen-bond donors (Lipinski definition) is 1. The Morgan fingerprint density at radius 2 is 2.05 bits per heavy atom. The highest BCUT2D eigenvalue weighted by molar-refractivity contribution is 9.10. The monoisotopic (exact) mass is 331 g/mol. The van der Waals surface area contributed by atoms with Gasteiger partial charge in [-0.1, -0.05) is 22.9 Å². The fourth-order valence-electron chi connectivity index (χ4n) is 2.00. The third-order valence-corrected chi connectivity index (χ3v) is 3.78. The van der Waals surface area contributed by atoms with Crippen molar-refractivity contribution in [1.29, 1.82) is 0 Å². The second kappa shape index (κ2) is 7.36. The maximum absolute atomic E-state index is 13.5. The molecule has 1 atom stereocenters. The molecule has 1 aromatic carbocycles. The standard InChI is InChI=1S/C15H23BrFNO/c1-5-18-14(6-7-15(2,3)19-4)11-8-12(16)10-13(17)9-11/h8-10,14,18H,5-7H2,1-4H3. The van der Waals surface area contributed by atoms with Crippen molar-refractivity contribution in [2.24, 2.45) is 0 Å². The molecule has 1 aromatic rings. The van der Waals surface area contributed by atoms with Crippen LogP contribution in [0.4, 0.5) is 4.39 Å². The molecule has 0 aliphatic carbocycles. The molecule has 0 saturated heterocycles. The number of halogens is 2. The fourth-order valence-corrected chi connectivity index (χ4v) is 2.49.